The number of para-hydroxylation sites is 1. The second-order valence-corrected chi connectivity index (χ2v) is 8.11. The molecule has 1 atom stereocenters. The Bertz CT molecular complexity index is 1080. The summed E-state index contributed by atoms with van der Waals surface area (Å²) in [6, 6.07) is 15.5. The smallest absolute Gasteiger partial charge is 0.255 e. The zero-order valence-electron chi connectivity index (χ0n) is 16.9. The van der Waals surface area contributed by atoms with Crippen LogP contribution >= 0.6 is 0 Å². The minimum absolute atomic E-state index is 0.0533. The van der Waals surface area contributed by atoms with Crippen molar-refractivity contribution in [2.75, 3.05) is 32.7 Å². The molecule has 2 amide bonds. The maximum absolute atomic E-state index is 13.2. The zero-order chi connectivity index (χ0) is 20.5. The number of carbonyl (C=O) groups is 2. The highest BCUT2D eigenvalue weighted by Crippen LogP contribution is 2.40. The Labute approximate surface area is 175 Å². The third-order valence-electron chi connectivity index (χ3n) is 6.24. The van der Waals surface area contributed by atoms with Crippen molar-refractivity contribution in [3.05, 3.63) is 71.4 Å². The molecule has 2 aromatic carbocycles. The summed E-state index contributed by atoms with van der Waals surface area (Å²) in [6.07, 6.45) is 4.44. The number of nitrogens with zero attached hydrogens (tertiary/aromatic N) is 2. The molecule has 1 fully saturated rings. The number of aromatic nitrogens is 1. The lowest BCUT2D eigenvalue weighted by molar-refractivity contribution is -0.122. The fourth-order valence-corrected chi connectivity index (χ4v) is 4.76. The molecule has 3 aromatic rings. The van der Waals surface area contributed by atoms with Crippen LogP contribution in [0.25, 0.3) is 10.9 Å². The average Bonchev–Trinajstić information content (AvgIpc) is 3.48. The second kappa shape index (κ2) is 7.95. The number of carbonyl (C=O) groups excluding carboxylic acids is 2. The van der Waals surface area contributed by atoms with Crippen molar-refractivity contribution in [1.29, 1.82) is 0 Å². The molecule has 6 heteroatoms. The van der Waals surface area contributed by atoms with Gasteiger partial charge in [-0.05, 0) is 43.6 Å². The SMILES string of the molecule is O=C(CN1C(=O)c2ccccc2C1c1c[nH]c2ccccc12)NCCN1CCCC1. The molecule has 2 aliphatic rings. The van der Waals surface area contributed by atoms with Crippen LogP contribution in [0, 0.1) is 0 Å². The summed E-state index contributed by atoms with van der Waals surface area (Å²) >= 11 is 0. The molecular weight excluding hydrogens is 376 g/mol. The van der Waals surface area contributed by atoms with Crippen LogP contribution in [-0.4, -0.2) is 59.3 Å². The van der Waals surface area contributed by atoms with E-state index in [0.29, 0.717) is 12.1 Å². The molecule has 0 aliphatic carbocycles. The predicted octanol–water partition coefficient (Wildman–Crippen LogP) is 2.93. The summed E-state index contributed by atoms with van der Waals surface area (Å²) in [5.41, 5.74) is 3.68. The Morgan fingerprint density at radius 1 is 1.03 bits per heavy atom. The highest BCUT2D eigenvalue weighted by molar-refractivity contribution is 6.02. The Morgan fingerprint density at radius 3 is 2.67 bits per heavy atom. The number of rotatable bonds is 6. The van der Waals surface area contributed by atoms with Gasteiger partial charge in [0.1, 0.15) is 6.54 Å². The van der Waals surface area contributed by atoms with Gasteiger partial charge in [-0.1, -0.05) is 36.4 Å². The van der Waals surface area contributed by atoms with Gasteiger partial charge in [0.25, 0.3) is 5.91 Å². The van der Waals surface area contributed by atoms with Crippen molar-refractivity contribution >= 4 is 22.7 Å². The zero-order valence-corrected chi connectivity index (χ0v) is 16.9. The molecule has 1 saturated heterocycles. The summed E-state index contributed by atoms with van der Waals surface area (Å²) < 4.78 is 0. The lowest BCUT2D eigenvalue weighted by Crippen LogP contribution is -2.41. The van der Waals surface area contributed by atoms with Crippen molar-refractivity contribution in [1.82, 2.24) is 20.1 Å². The van der Waals surface area contributed by atoms with E-state index in [-0.39, 0.29) is 24.4 Å². The number of hydrogen-bond acceptors (Lipinski definition) is 3. The molecule has 154 valence electrons. The van der Waals surface area contributed by atoms with Gasteiger partial charge in [-0.3, -0.25) is 9.59 Å². The van der Waals surface area contributed by atoms with Gasteiger partial charge in [-0.2, -0.15) is 0 Å². The van der Waals surface area contributed by atoms with E-state index in [0.717, 1.165) is 41.7 Å². The molecule has 0 radical (unpaired) electrons. The fraction of sp³-hybridized carbons (Fsp3) is 0.333. The van der Waals surface area contributed by atoms with Crippen LogP contribution in [0.5, 0.6) is 0 Å². The minimum Gasteiger partial charge on any atom is -0.361 e. The van der Waals surface area contributed by atoms with Crippen molar-refractivity contribution < 1.29 is 9.59 Å². The Kier molecular flexibility index (Phi) is 5.01. The first-order valence-corrected chi connectivity index (χ1v) is 10.7. The van der Waals surface area contributed by atoms with Crippen molar-refractivity contribution in [3.8, 4) is 0 Å². The number of nitrogens with one attached hydrogen (secondary N) is 2. The van der Waals surface area contributed by atoms with E-state index in [2.05, 4.69) is 21.3 Å². The summed E-state index contributed by atoms with van der Waals surface area (Å²) in [5.74, 6) is -0.198. The molecular formula is C24H26N4O2. The maximum atomic E-state index is 13.2. The molecule has 3 heterocycles. The number of benzene rings is 2. The van der Waals surface area contributed by atoms with Gasteiger partial charge in [0, 0.05) is 41.3 Å². The first-order valence-electron chi connectivity index (χ1n) is 10.7. The van der Waals surface area contributed by atoms with Gasteiger partial charge < -0.3 is 20.1 Å². The summed E-state index contributed by atoms with van der Waals surface area (Å²) in [5, 5.41) is 4.08. The first-order chi connectivity index (χ1) is 14.7. The largest absolute Gasteiger partial charge is 0.361 e. The van der Waals surface area contributed by atoms with Crippen LogP contribution in [0.4, 0.5) is 0 Å². The van der Waals surface area contributed by atoms with Crippen LogP contribution in [-0.2, 0) is 4.79 Å². The number of fused-ring (bicyclic) bond motifs is 2. The fourth-order valence-electron chi connectivity index (χ4n) is 4.76. The van der Waals surface area contributed by atoms with E-state index < -0.39 is 0 Å². The van der Waals surface area contributed by atoms with Gasteiger partial charge in [-0.25, -0.2) is 0 Å². The molecule has 2 N–H and O–H groups in total. The van der Waals surface area contributed by atoms with Gasteiger partial charge in [-0.15, -0.1) is 0 Å². The number of amides is 2. The molecule has 2 aliphatic heterocycles. The number of hydrogen-bond donors (Lipinski definition) is 2. The normalized spacial score (nSPS) is 18.9. The molecule has 1 unspecified atom stereocenters. The number of H-pyrrole nitrogens is 1. The van der Waals surface area contributed by atoms with E-state index in [4.69, 9.17) is 0 Å². The van der Waals surface area contributed by atoms with Gasteiger partial charge >= 0.3 is 0 Å². The summed E-state index contributed by atoms with van der Waals surface area (Å²) in [6.45, 7) is 3.76. The Hall–Kier alpha value is -3.12. The van der Waals surface area contributed by atoms with E-state index in [1.807, 2.05) is 48.7 Å². The minimum atomic E-state index is -0.269. The third kappa shape index (κ3) is 3.37. The van der Waals surface area contributed by atoms with Crippen molar-refractivity contribution in [2.45, 2.75) is 18.9 Å². The summed E-state index contributed by atoms with van der Waals surface area (Å²) in [4.78, 5) is 33.3. The molecule has 5 rings (SSSR count). The van der Waals surface area contributed by atoms with Crippen LogP contribution in [0.15, 0.2) is 54.7 Å². The Balaban J connectivity index is 1.38. The quantitative estimate of drug-likeness (QED) is 0.666. The topological polar surface area (TPSA) is 68.4 Å². The first kappa shape index (κ1) is 18.9. The van der Waals surface area contributed by atoms with Crippen LogP contribution in [0.3, 0.4) is 0 Å². The lowest BCUT2D eigenvalue weighted by atomic mass is 9.97. The standard InChI is InChI=1S/C24H26N4O2/c29-22(25-11-14-27-12-5-6-13-27)16-28-23(18-8-1-2-9-19(18)24(28)30)20-15-26-21-10-4-3-7-17(20)21/h1-4,7-10,15,23,26H,5-6,11-14,16H2,(H,25,29). The second-order valence-electron chi connectivity index (χ2n) is 8.11. The van der Waals surface area contributed by atoms with E-state index in [1.54, 1.807) is 4.90 Å². The van der Waals surface area contributed by atoms with Gasteiger partial charge in [0.15, 0.2) is 0 Å². The highest BCUT2D eigenvalue weighted by Gasteiger charge is 2.39. The molecule has 1 aromatic heterocycles. The molecule has 30 heavy (non-hydrogen) atoms. The lowest BCUT2D eigenvalue weighted by Gasteiger charge is -2.25. The maximum Gasteiger partial charge on any atom is 0.255 e. The average molecular weight is 402 g/mol. The van der Waals surface area contributed by atoms with E-state index in [1.165, 1.54) is 12.8 Å². The number of likely N-dealkylation sites (tertiary alicyclic amines) is 1. The van der Waals surface area contributed by atoms with Crippen LogP contribution in [0.1, 0.15) is 40.4 Å². The van der Waals surface area contributed by atoms with E-state index >= 15 is 0 Å². The van der Waals surface area contributed by atoms with Gasteiger partial charge in [0.05, 0.1) is 6.04 Å². The molecule has 6 nitrogen and oxygen atoms in total. The van der Waals surface area contributed by atoms with Gasteiger partial charge in [0.2, 0.25) is 5.91 Å². The van der Waals surface area contributed by atoms with E-state index in [9.17, 15) is 9.59 Å². The molecule has 0 spiro atoms. The van der Waals surface area contributed by atoms with Crippen molar-refractivity contribution in [2.24, 2.45) is 0 Å². The highest BCUT2D eigenvalue weighted by atomic mass is 16.2. The monoisotopic (exact) mass is 402 g/mol. The molecule has 0 saturated carbocycles. The summed E-state index contributed by atoms with van der Waals surface area (Å²) in [7, 11) is 0. The van der Waals surface area contributed by atoms with Crippen LogP contribution in [0.2, 0.25) is 0 Å². The number of aromatic amines is 1. The Morgan fingerprint density at radius 2 is 1.80 bits per heavy atom. The third-order valence-corrected chi connectivity index (χ3v) is 6.24. The predicted molar refractivity (Wildman–Crippen MR) is 116 cm³/mol. The molecule has 0 bridgehead atoms. The van der Waals surface area contributed by atoms with Crippen LogP contribution < -0.4 is 5.32 Å². The van der Waals surface area contributed by atoms with Crippen molar-refractivity contribution in [3.63, 3.8) is 0 Å².